The Bertz CT molecular complexity index is 363. The van der Waals surface area contributed by atoms with E-state index in [-0.39, 0.29) is 0 Å². The van der Waals surface area contributed by atoms with Crippen LogP contribution in [-0.2, 0) is 0 Å². The molecule has 2 fully saturated rings. The van der Waals surface area contributed by atoms with Crippen molar-refractivity contribution in [3.8, 4) is 0 Å². The molecule has 0 saturated heterocycles. The molecule has 0 aromatic heterocycles. The maximum Gasteiger partial charge on any atom is -0.0146 e. The van der Waals surface area contributed by atoms with Crippen LogP contribution >= 0.6 is 0 Å². The van der Waals surface area contributed by atoms with Gasteiger partial charge < -0.3 is 0 Å². The summed E-state index contributed by atoms with van der Waals surface area (Å²) in [6.45, 7) is 15.0. The minimum Gasteiger partial charge on any atom is -0.103 e. The first-order valence-corrected chi connectivity index (χ1v) is 7.57. The van der Waals surface area contributed by atoms with Gasteiger partial charge in [-0.05, 0) is 67.8 Å². The SMILES string of the molecule is C=CC1C(C)C12CCC(/C(=C/C)C(=C)CC)CC2. The van der Waals surface area contributed by atoms with Crippen LogP contribution in [0.1, 0.15) is 52.9 Å². The van der Waals surface area contributed by atoms with Crippen LogP contribution in [0, 0.1) is 23.2 Å². The number of hydrogen-bond acceptors (Lipinski definition) is 0. The zero-order chi connectivity index (χ0) is 13.3. The molecule has 0 aromatic rings. The van der Waals surface area contributed by atoms with E-state index < -0.39 is 0 Å². The quantitative estimate of drug-likeness (QED) is 0.451. The Morgan fingerprint density at radius 3 is 2.33 bits per heavy atom. The predicted octanol–water partition coefficient (Wildman–Crippen LogP) is 5.53. The van der Waals surface area contributed by atoms with Crippen LogP contribution in [0.4, 0.5) is 0 Å². The standard InChI is InChI=1S/C18H28/c1-6-13(4)16(7-2)15-9-11-18(12-10-15)14(5)17(18)8-3/h7-8,14-15,17H,3-4,6,9-12H2,1-2,5H3/b16-7+. The minimum absolute atomic E-state index is 0.630. The molecule has 0 N–H and O–H groups in total. The second kappa shape index (κ2) is 5.07. The highest BCUT2D eigenvalue weighted by Crippen LogP contribution is 2.67. The molecule has 2 atom stereocenters. The van der Waals surface area contributed by atoms with Crippen molar-refractivity contribution in [2.24, 2.45) is 23.2 Å². The van der Waals surface area contributed by atoms with Crippen molar-refractivity contribution in [2.45, 2.75) is 52.9 Å². The monoisotopic (exact) mass is 244 g/mol. The summed E-state index contributed by atoms with van der Waals surface area (Å²) in [4.78, 5) is 0. The smallest absolute Gasteiger partial charge is 0.0146 e. The molecular formula is C18H28. The Labute approximate surface area is 113 Å². The van der Waals surface area contributed by atoms with E-state index in [0.29, 0.717) is 5.41 Å². The van der Waals surface area contributed by atoms with E-state index >= 15 is 0 Å². The molecule has 2 aliphatic carbocycles. The van der Waals surface area contributed by atoms with Gasteiger partial charge in [-0.25, -0.2) is 0 Å². The van der Waals surface area contributed by atoms with Crippen LogP contribution in [0.3, 0.4) is 0 Å². The fraction of sp³-hybridized carbons (Fsp3) is 0.667. The number of rotatable bonds is 4. The molecular weight excluding hydrogens is 216 g/mol. The molecule has 0 radical (unpaired) electrons. The highest BCUT2D eigenvalue weighted by molar-refractivity contribution is 5.31. The van der Waals surface area contributed by atoms with Crippen LogP contribution in [0.5, 0.6) is 0 Å². The highest BCUT2D eigenvalue weighted by atomic mass is 14.6. The molecule has 100 valence electrons. The molecule has 0 aliphatic heterocycles. The molecule has 2 unspecified atom stereocenters. The molecule has 0 amide bonds. The van der Waals surface area contributed by atoms with Gasteiger partial charge >= 0.3 is 0 Å². The maximum atomic E-state index is 4.23. The van der Waals surface area contributed by atoms with Crippen LogP contribution in [-0.4, -0.2) is 0 Å². The summed E-state index contributed by atoms with van der Waals surface area (Å²) in [7, 11) is 0. The third-order valence-corrected chi connectivity index (χ3v) is 5.76. The Morgan fingerprint density at radius 2 is 1.94 bits per heavy atom. The average Bonchev–Trinajstić information content (AvgIpc) is 2.95. The van der Waals surface area contributed by atoms with Crippen LogP contribution in [0.15, 0.2) is 36.5 Å². The van der Waals surface area contributed by atoms with Gasteiger partial charge in [0.25, 0.3) is 0 Å². The summed E-state index contributed by atoms with van der Waals surface area (Å²) in [5.74, 6) is 2.44. The zero-order valence-electron chi connectivity index (χ0n) is 12.3. The molecule has 2 aliphatic rings. The van der Waals surface area contributed by atoms with Crippen molar-refractivity contribution < 1.29 is 0 Å². The van der Waals surface area contributed by atoms with Crippen molar-refractivity contribution in [1.82, 2.24) is 0 Å². The van der Waals surface area contributed by atoms with Gasteiger partial charge in [0.05, 0.1) is 0 Å². The van der Waals surface area contributed by atoms with Crippen molar-refractivity contribution >= 4 is 0 Å². The Balaban J connectivity index is 1.99. The normalized spacial score (nSPS) is 39.7. The van der Waals surface area contributed by atoms with Crippen LogP contribution in [0.2, 0.25) is 0 Å². The van der Waals surface area contributed by atoms with Gasteiger partial charge in [-0.15, -0.1) is 6.58 Å². The summed E-state index contributed by atoms with van der Waals surface area (Å²) >= 11 is 0. The zero-order valence-corrected chi connectivity index (χ0v) is 12.3. The first-order chi connectivity index (χ1) is 8.60. The van der Waals surface area contributed by atoms with Gasteiger partial charge in [-0.3, -0.25) is 0 Å². The summed E-state index contributed by atoms with van der Waals surface area (Å²) in [6.07, 6.45) is 11.1. The number of allylic oxidation sites excluding steroid dienone is 4. The van der Waals surface area contributed by atoms with E-state index in [1.165, 1.54) is 36.8 Å². The lowest BCUT2D eigenvalue weighted by atomic mass is 9.73. The minimum atomic E-state index is 0.630. The lowest BCUT2D eigenvalue weighted by molar-refractivity contribution is 0.257. The Hall–Kier alpha value is -0.780. The van der Waals surface area contributed by atoms with Crippen molar-refractivity contribution in [3.05, 3.63) is 36.5 Å². The van der Waals surface area contributed by atoms with Gasteiger partial charge in [-0.1, -0.05) is 38.2 Å². The average molecular weight is 244 g/mol. The van der Waals surface area contributed by atoms with E-state index in [0.717, 1.165) is 24.2 Å². The van der Waals surface area contributed by atoms with Crippen LogP contribution < -0.4 is 0 Å². The molecule has 18 heavy (non-hydrogen) atoms. The molecule has 0 heteroatoms. The summed E-state index contributed by atoms with van der Waals surface area (Å²) in [5, 5.41) is 0. The van der Waals surface area contributed by atoms with Gasteiger partial charge in [-0.2, -0.15) is 0 Å². The third kappa shape index (κ3) is 2.00. The maximum absolute atomic E-state index is 4.23. The molecule has 0 aromatic carbocycles. The van der Waals surface area contributed by atoms with E-state index in [1.807, 2.05) is 0 Å². The van der Waals surface area contributed by atoms with Crippen LogP contribution in [0.25, 0.3) is 0 Å². The summed E-state index contributed by atoms with van der Waals surface area (Å²) in [6, 6.07) is 0. The fourth-order valence-electron chi connectivity index (χ4n) is 4.36. The lowest BCUT2D eigenvalue weighted by Crippen LogP contribution is -2.19. The van der Waals surface area contributed by atoms with Gasteiger partial charge in [0, 0.05) is 0 Å². The fourth-order valence-corrected chi connectivity index (χ4v) is 4.36. The lowest BCUT2D eigenvalue weighted by Gasteiger charge is -2.32. The van der Waals surface area contributed by atoms with Crippen molar-refractivity contribution in [2.75, 3.05) is 0 Å². The molecule has 1 spiro atoms. The highest BCUT2D eigenvalue weighted by Gasteiger charge is 2.60. The van der Waals surface area contributed by atoms with E-state index in [2.05, 4.69) is 46.1 Å². The van der Waals surface area contributed by atoms with Gasteiger partial charge in [0.1, 0.15) is 0 Å². The van der Waals surface area contributed by atoms with Crippen molar-refractivity contribution in [3.63, 3.8) is 0 Å². The molecule has 2 saturated carbocycles. The summed E-state index contributed by atoms with van der Waals surface area (Å²) in [5.41, 5.74) is 3.52. The third-order valence-electron chi connectivity index (χ3n) is 5.76. The Morgan fingerprint density at radius 1 is 1.33 bits per heavy atom. The predicted molar refractivity (Wildman–Crippen MR) is 80.4 cm³/mol. The van der Waals surface area contributed by atoms with Crippen molar-refractivity contribution in [1.29, 1.82) is 0 Å². The van der Waals surface area contributed by atoms with Gasteiger partial charge in [0.2, 0.25) is 0 Å². The molecule has 0 heterocycles. The molecule has 0 bridgehead atoms. The van der Waals surface area contributed by atoms with E-state index in [4.69, 9.17) is 0 Å². The molecule has 0 nitrogen and oxygen atoms in total. The summed E-state index contributed by atoms with van der Waals surface area (Å²) < 4.78 is 0. The second-order valence-corrected chi connectivity index (χ2v) is 6.26. The molecule has 2 rings (SSSR count). The first kappa shape index (κ1) is 13.6. The van der Waals surface area contributed by atoms with E-state index in [9.17, 15) is 0 Å². The second-order valence-electron chi connectivity index (χ2n) is 6.26. The van der Waals surface area contributed by atoms with Gasteiger partial charge in [0.15, 0.2) is 0 Å². The topological polar surface area (TPSA) is 0 Å². The first-order valence-electron chi connectivity index (χ1n) is 7.57. The number of hydrogen-bond donors (Lipinski definition) is 0. The largest absolute Gasteiger partial charge is 0.103 e. The Kier molecular flexibility index (Phi) is 3.84. The van der Waals surface area contributed by atoms with E-state index in [1.54, 1.807) is 0 Å².